The van der Waals surface area contributed by atoms with E-state index in [4.69, 9.17) is 4.74 Å². The minimum atomic E-state index is -1.07. The number of carbonyl (C=O) groups is 2. The number of fused-ring (bicyclic) bond motifs is 1. The molecule has 1 unspecified atom stereocenters. The number of para-hydroxylation sites is 1. The van der Waals surface area contributed by atoms with Crippen molar-refractivity contribution in [2.75, 3.05) is 13.2 Å². The van der Waals surface area contributed by atoms with Crippen LogP contribution >= 0.6 is 0 Å². The van der Waals surface area contributed by atoms with E-state index in [0.29, 0.717) is 6.42 Å². The van der Waals surface area contributed by atoms with Crippen LogP contribution in [-0.4, -0.2) is 52.3 Å². The monoisotopic (exact) mass is 291 g/mol. The second kappa shape index (κ2) is 5.37. The van der Waals surface area contributed by atoms with E-state index in [1.54, 1.807) is 0 Å². The van der Waals surface area contributed by atoms with Gasteiger partial charge in [0.25, 0.3) is 0 Å². The Hall–Kier alpha value is -2.08. The van der Waals surface area contributed by atoms with E-state index < -0.39 is 24.0 Å². The number of ether oxygens (including phenoxy) is 1. The molecule has 0 spiro atoms. The first-order valence-electron chi connectivity index (χ1n) is 6.98. The van der Waals surface area contributed by atoms with E-state index >= 15 is 0 Å². The summed E-state index contributed by atoms with van der Waals surface area (Å²) in [6.07, 6.45) is -0.147. The van der Waals surface area contributed by atoms with Crippen LogP contribution in [0.3, 0.4) is 0 Å². The lowest BCUT2D eigenvalue weighted by Gasteiger charge is -2.29. The zero-order valence-electron chi connectivity index (χ0n) is 11.4. The number of aliphatic hydroxyl groups is 1. The molecule has 1 amide bonds. The number of rotatable bonds is 2. The molecule has 6 nitrogen and oxygen atoms in total. The molecule has 1 fully saturated rings. The second-order valence-corrected chi connectivity index (χ2v) is 5.55. The van der Waals surface area contributed by atoms with Crippen LogP contribution in [0.4, 0.5) is 0 Å². The summed E-state index contributed by atoms with van der Waals surface area (Å²) >= 11 is 0. The summed E-state index contributed by atoms with van der Waals surface area (Å²) in [5, 5.41) is 18.8. The molecule has 1 saturated heterocycles. The Labute approximate surface area is 121 Å². The smallest absolute Gasteiger partial charge is 0.326 e. The standard InChI is InChI=1S/C15H17NO5/c17-11-6-12(15(19)20)16(7-11)14(18)10-5-9-3-1-2-4-13(9)21-8-10/h1-4,10-12,17H,5-8H2,(H,19,20)/t10?,11-,12-/m1/s1. The number of benzene rings is 1. The Morgan fingerprint density at radius 2 is 2.05 bits per heavy atom. The first-order valence-corrected chi connectivity index (χ1v) is 6.98. The van der Waals surface area contributed by atoms with Crippen molar-refractivity contribution in [1.82, 2.24) is 4.90 Å². The molecule has 2 heterocycles. The van der Waals surface area contributed by atoms with Crippen LogP contribution in [0.25, 0.3) is 0 Å². The average Bonchev–Trinajstić information content (AvgIpc) is 2.88. The van der Waals surface area contributed by atoms with E-state index in [0.717, 1.165) is 11.3 Å². The molecule has 6 heteroatoms. The van der Waals surface area contributed by atoms with Crippen LogP contribution in [0.1, 0.15) is 12.0 Å². The molecule has 112 valence electrons. The van der Waals surface area contributed by atoms with E-state index in [9.17, 15) is 19.8 Å². The Bertz CT molecular complexity index is 573. The van der Waals surface area contributed by atoms with Crippen molar-refractivity contribution in [3.8, 4) is 5.75 Å². The van der Waals surface area contributed by atoms with Gasteiger partial charge in [0.15, 0.2) is 0 Å². The number of hydrogen-bond donors (Lipinski definition) is 2. The number of likely N-dealkylation sites (tertiary alicyclic amines) is 1. The van der Waals surface area contributed by atoms with Gasteiger partial charge in [-0.2, -0.15) is 0 Å². The van der Waals surface area contributed by atoms with Crippen molar-refractivity contribution < 1.29 is 24.5 Å². The fourth-order valence-electron chi connectivity index (χ4n) is 3.01. The fourth-order valence-corrected chi connectivity index (χ4v) is 3.01. The average molecular weight is 291 g/mol. The number of carbonyl (C=O) groups excluding carboxylic acids is 1. The molecule has 2 aliphatic heterocycles. The lowest BCUT2D eigenvalue weighted by Crippen LogP contribution is -2.46. The van der Waals surface area contributed by atoms with Crippen molar-refractivity contribution in [3.63, 3.8) is 0 Å². The van der Waals surface area contributed by atoms with Gasteiger partial charge in [-0.1, -0.05) is 18.2 Å². The molecule has 0 radical (unpaired) electrons. The van der Waals surface area contributed by atoms with E-state index in [1.165, 1.54) is 4.90 Å². The summed E-state index contributed by atoms with van der Waals surface area (Å²) in [6, 6.07) is 6.58. The molecule has 1 aromatic rings. The molecule has 3 rings (SSSR count). The number of carboxylic acids is 1. The van der Waals surface area contributed by atoms with Gasteiger partial charge in [-0.25, -0.2) is 4.79 Å². The van der Waals surface area contributed by atoms with Crippen LogP contribution in [0, 0.1) is 5.92 Å². The maximum absolute atomic E-state index is 12.5. The molecule has 2 N–H and O–H groups in total. The van der Waals surface area contributed by atoms with Gasteiger partial charge in [0.2, 0.25) is 5.91 Å². The highest BCUT2D eigenvalue weighted by molar-refractivity contribution is 5.86. The van der Waals surface area contributed by atoms with Gasteiger partial charge in [0.05, 0.1) is 12.0 Å². The Morgan fingerprint density at radius 1 is 1.29 bits per heavy atom. The maximum Gasteiger partial charge on any atom is 0.326 e. The van der Waals surface area contributed by atoms with E-state index in [2.05, 4.69) is 0 Å². The van der Waals surface area contributed by atoms with Gasteiger partial charge in [-0.3, -0.25) is 4.79 Å². The Kier molecular flexibility index (Phi) is 3.55. The van der Waals surface area contributed by atoms with Crippen LogP contribution in [0.15, 0.2) is 24.3 Å². The molecule has 0 bridgehead atoms. The molecule has 3 atom stereocenters. The van der Waals surface area contributed by atoms with Crippen LogP contribution in [0.5, 0.6) is 5.75 Å². The quantitative estimate of drug-likeness (QED) is 0.817. The van der Waals surface area contributed by atoms with Crippen LogP contribution in [-0.2, 0) is 16.0 Å². The van der Waals surface area contributed by atoms with Crippen molar-refractivity contribution in [2.45, 2.75) is 25.0 Å². The van der Waals surface area contributed by atoms with Crippen molar-refractivity contribution in [1.29, 1.82) is 0 Å². The number of hydrogen-bond acceptors (Lipinski definition) is 4. The minimum Gasteiger partial charge on any atom is -0.492 e. The molecule has 2 aliphatic rings. The lowest BCUT2D eigenvalue weighted by atomic mass is 9.95. The van der Waals surface area contributed by atoms with Crippen molar-refractivity contribution in [2.24, 2.45) is 5.92 Å². The summed E-state index contributed by atoms with van der Waals surface area (Å²) in [4.78, 5) is 25.0. The lowest BCUT2D eigenvalue weighted by molar-refractivity contribution is -0.150. The van der Waals surface area contributed by atoms with Gasteiger partial charge in [0, 0.05) is 13.0 Å². The van der Waals surface area contributed by atoms with Gasteiger partial charge in [-0.05, 0) is 18.1 Å². The highest BCUT2D eigenvalue weighted by atomic mass is 16.5. The van der Waals surface area contributed by atoms with E-state index in [1.807, 2.05) is 24.3 Å². The molecule has 0 aliphatic carbocycles. The summed E-state index contributed by atoms with van der Waals surface area (Å²) in [5.74, 6) is -0.949. The number of aliphatic hydroxyl groups excluding tert-OH is 1. The zero-order valence-corrected chi connectivity index (χ0v) is 11.4. The second-order valence-electron chi connectivity index (χ2n) is 5.55. The fraction of sp³-hybridized carbons (Fsp3) is 0.467. The molecular weight excluding hydrogens is 274 g/mol. The van der Waals surface area contributed by atoms with Crippen LogP contribution < -0.4 is 4.74 Å². The number of β-amino-alcohol motifs (C(OH)–C–C–N with tert-alkyl or cyclic N) is 1. The first kappa shape index (κ1) is 13.9. The van der Waals surface area contributed by atoms with Gasteiger partial charge < -0.3 is 19.8 Å². The highest BCUT2D eigenvalue weighted by Gasteiger charge is 2.42. The van der Waals surface area contributed by atoms with Crippen LogP contribution in [0.2, 0.25) is 0 Å². The summed E-state index contributed by atoms with van der Waals surface area (Å²) < 4.78 is 5.58. The number of amides is 1. The number of carboxylic acid groups (broad SMARTS) is 1. The van der Waals surface area contributed by atoms with E-state index in [-0.39, 0.29) is 25.5 Å². The molecular formula is C15H17NO5. The third kappa shape index (κ3) is 2.58. The largest absolute Gasteiger partial charge is 0.492 e. The van der Waals surface area contributed by atoms with Crippen molar-refractivity contribution >= 4 is 11.9 Å². The third-order valence-electron chi connectivity index (χ3n) is 4.08. The number of nitrogens with zero attached hydrogens (tertiary/aromatic N) is 1. The Balaban J connectivity index is 1.76. The minimum absolute atomic E-state index is 0.0773. The summed E-state index contributed by atoms with van der Waals surface area (Å²) in [5.41, 5.74) is 0.953. The molecule has 0 saturated carbocycles. The predicted molar refractivity (Wildman–Crippen MR) is 72.9 cm³/mol. The van der Waals surface area contributed by atoms with Gasteiger partial charge >= 0.3 is 5.97 Å². The third-order valence-corrected chi connectivity index (χ3v) is 4.08. The summed E-state index contributed by atoms with van der Waals surface area (Å²) in [6.45, 7) is 0.322. The first-order chi connectivity index (χ1) is 10.1. The summed E-state index contributed by atoms with van der Waals surface area (Å²) in [7, 11) is 0. The van der Waals surface area contributed by atoms with Gasteiger partial charge in [-0.15, -0.1) is 0 Å². The zero-order chi connectivity index (χ0) is 15.0. The van der Waals surface area contributed by atoms with Gasteiger partial charge in [0.1, 0.15) is 18.4 Å². The predicted octanol–water partition coefficient (Wildman–Crippen LogP) is 0.284. The number of aliphatic carboxylic acids is 1. The topological polar surface area (TPSA) is 87.1 Å². The normalized spacial score (nSPS) is 27.9. The molecule has 0 aromatic heterocycles. The molecule has 21 heavy (non-hydrogen) atoms. The Morgan fingerprint density at radius 3 is 2.81 bits per heavy atom. The molecule has 1 aromatic carbocycles. The highest BCUT2D eigenvalue weighted by Crippen LogP contribution is 2.29. The maximum atomic E-state index is 12.5. The SMILES string of the molecule is O=C(O)[C@H]1C[C@@H](O)CN1C(=O)C1COc2ccccc2C1. The van der Waals surface area contributed by atoms with Crippen molar-refractivity contribution in [3.05, 3.63) is 29.8 Å².